The first-order valence-electron chi connectivity index (χ1n) is 11.2. The number of aryl methyl sites for hydroxylation is 1. The van der Waals surface area contributed by atoms with Gasteiger partial charge >= 0.3 is 0 Å². The van der Waals surface area contributed by atoms with Gasteiger partial charge in [-0.05, 0) is 49.9 Å². The van der Waals surface area contributed by atoms with Crippen LogP contribution in [0.5, 0.6) is 11.5 Å². The first kappa shape index (κ1) is 26.3. The molecule has 1 fully saturated rings. The van der Waals surface area contributed by atoms with Crippen LogP contribution in [0.4, 0.5) is 0 Å². The fourth-order valence-electron chi connectivity index (χ4n) is 3.40. The molecule has 6 nitrogen and oxygen atoms in total. The minimum absolute atomic E-state index is 0. The molecule has 0 spiro atoms. The summed E-state index contributed by atoms with van der Waals surface area (Å²) in [5.41, 5.74) is 2.32. The van der Waals surface area contributed by atoms with Crippen LogP contribution in [0.2, 0.25) is 0 Å². The molecule has 32 heavy (non-hydrogen) atoms. The first-order chi connectivity index (χ1) is 15.2. The summed E-state index contributed by atoms with van der Waals surface area (Å²) in [7, 11) is 1.79. The summed E-state index contributed by atoms with van der Waals surface area (Å²) >= 11 is 0. The van der Waals surface area contributed by atoms with Crippen molar-refractivity contribution in [2.45, 2.75) is 32.7 Å². The van der Waals surface area contributed by atoms with Crippen LogP contribution in [-0.4, -0.2) is 46.0 Å². The van der Waals surface area contributed by atoms with Crippen LogP contribution in [0.3, 0.4) is 0 Å². The van der Waals surface area contributed by atoms with Gasteiger partial charge in [-0.2, -0.15) is 0 Å². The third-order valence-electron chi connectivity index (χ3n) is 5.27. The van der Waals surface area contributed by atoms with Gasteiger partial charge in [0.05, 0.1) is 19.8 Å². The number of halogens is 1. The zero-order valence-corrected chi connectivity index (χ0v) is 21.5. The van der Waals surface area contributed by atoms with E-state index in [4.69, 9.17) is 14.2 Å². The summed E-state index contributed by atoms with van der Waals surface area (Å²) < 4.78 is 17.3. The Morgan fingerprint density at radius 3 is 2.69 bits per heavy atom. The largest absolute Gasteiger partial charge is 0.494 e. The molecule has 2 N–H and O–H groups in total. The van der Waals surface area contributed by atoms with E-state index in [-0.39, 0.29) is 24.0 Å². The molecule has 0 amide bonds. The maximum absolute atomic E-state index is 6.14. The van der Waals surface area contributed by atoms with Gasteiger partial charge in [-0.15, -0.1) is 24.0 Å². The average Bonchev–Trinajstić information content (AvgIpc) is 3.32. The molecule has 1 aliphatic heterocycles. The number of guanidine groups is 1. The lowest BCUT2D eigenvalue weighted by Crippen LogP contribution is -2.37. The minimum Gasteiger partial charge on any atom is -0.494 e. The molecule has 2 aromatic carbocycles. The number of ether oxygens (including phenoxy) is 3. The molecular formula is C25H36IN3O3. The van der Waals surface area contributed by atoms with Crippen LogP contribution in [-0.2, 0) is 11.3 Å². The zero-order chi connectivity index (χ0) is 21.7. The molecule has 3 rings (SSSR count). The number of benzene rings is 2. The van der Waals surface area contributed by atoms with Crippen LogP contribution in [0.15, 0.2) is 53.5 Å². The lowest BCUT2D eigenvalue weighted by molar-refractivity contribution is 0.166. The van der Waals surface area contributed by atoms with Crippen LogP contribution < -0.4 is 20.1 Å². The monoisotopic (exact) mass is 553 g/mol. The second-order valence-corrected chi connectivity index (χ2v) is 7.87. The zero-order valence-electron chi connectivity index (χ0n) is 19.1. The van der Waals surface area contributed by atoms with Gasteiger partial charge in [-0.25, -0.2) is 0 Å². The van der Waals surface area contributed by atoms with E-state index in [1.807, 2.05) is 30.3 Å². The summed E-state index contributed by atoms with van der Waals surface area (Å²) in [4.78, 5) is 4.33. The fourth-order valence-corrected chi connectivity index (χ4v) is 3.40. The van der Waals surface area contributed by atoms with E-state index in [1.165, 1.54) is 5.56 Å². The second-order valence-electron chi connectivity index (χ2n) is 7.87. The van der Waals surface area contributed by atoms with Crippen molar-refractivity contribution in [3.8, 4) is 11.5 Å². The van der Waals surface area contributed by atoms with Crippen molar-refractivity contribution in [3.05, 3.63) is 59.7 Å². The lowest BCUT2D eigenvalue weighted by atomic mass is 10.1. The number of hydrogen-bond donors (Lipinski definition) is 2. The highest BCUT2D eigenvalue weighted by Gasteiger charge is 2.17. The average molecular weight is 553 g/mol. The Kier molecular flexibility index (Phi) is 12.3. The third kappa shape index (κ3) is 9.24. The van der Waals surface area contributed by atoms with Gasteiger partial charge in [0, 0.05) is 38.2 Å². The molecule has 0 radical (unpaired) electrons. The van der Waals surface area contributed by atoms with E-state index >= 15 is 0 Å². The van der Waals surface area contributed by atoms with Gasteiger partial charge in [0.25, 0.3) is 0 Å². The summed E-state index contributed by atoms with van der Waals surface area (Å²) in [5, 5.41) is 6.77. The standard InChI is InChI=1S/C25H35N3O3.HI/c1-20-10-11-22(24(16-20)31-19-21-12-15-29-18-21)17-28-25(26-2)27-13-6-7-14-30-23-8-4-3-5-9-23;/h3-5,8-11,16,21H,6-7,12-15,17-19H2,1-2H3,(H2,26,27,28);1H. The van der Waals surface area contributed by atoms with Crippen LogP contribution in [0.1, 0.15) is 30.4 Å². The predicted molar refractivity (Wildman–Crippen MR) is 140 cm³/mol. The smallest absolute Gasteiger partial charge is 0.191 e. The summed E-state index contributed by atoms with van der Waals surface area (Å²) in [5.74, 6) is 3.14. The maximum Gasteiger partial charge on any atom is 0.191 e. The summed E-state index contributed by atoms with van der Waals surface area (Å²) in [6.07, 6.45) is 3.07. The fraction of sp³-hybridized carbons (Fsp3) is 0.480. The quantitative estimate of drug-likeness (QED) is 0.185. The Hall–Kier alpha value is -2.00. The number of nitrogens with one attached hydrogen (secondary N) is 2. The molecule has 0 bridgehead atoms. The highest BCUT2D eigenvalue weighted by atomic mass is 127. The van der Waals surface area contributed by atoms with E-state index in [2.05, 4.69) is 40.7 Å². The van der Waals surface area contributed by atoms with Gasteiger partial charge in [0.2, 0.25) is 0 Å². The van der Waals surface area contributed by atoms with Crippen LogP contribution >= 0.6 is 24.0 Å². The molecule has 0 aromatic heterocycles. The molecule has 0 saturated carbocycles. The Balaban J connectivity index is 0.00000363. The number of aliphatic imine (C=N–C) groups is 1. The van der Waals surface area contributed by atoms with Crippen molar-refractivity contribution in [2.24, 2.45) is 10.9 Å². The highest BCUT2D eigenvalue weighted by Crippen LogP contribution is 2.22. The Morgan fingerprint density at radius 2 is 1.94 bits per heavy atom. The van der Waals surface area contributed by atoms with Gasteiger partial charge < -0.3 is 24.8 Å². The number of para-hydroxylation sites is 1. The van der Waals surface area contributed by atoms with E-state index in [0.717, 1.165) is 62.0 Å². The van der Waals surface area contributed by atoms with Crippen molar-refractivity contribution in [1.29, 1.82) is 0 Å². The van der Waals surface area contributed by atoms with E-state index in [0.29, 0.717) is 25.7 Å². The molecule has 1 saturated heterocycles. The van der Waals surface area contributed by atoms with Crippen LogP contribution in [0.25, 0.3) is 0 Å². The molecule has 1 atom stereocenters. The van der Waals surface area contributed by atoms with Gasteiger partial charge in [-0.1, -0.05) is 30.3 Å². The van der Waals surface area contributed by atoms with Gasteiger partial charge in [0.1, 0.15) is 11.5 Å². The molecule has 1 unspecified atom stereocenters. The van der Waals surface area contributed by atoms with Crippen molar-refractivity contribution in [3.63, 3.8) is 0 Å². The number of unbranched alkanes of at least 4 members (excludes halogenated alkanes) is 1. The normalized spacial score (nSPS) is 15.7. The third-order valence-corrected chi connectivity index (χ3v) is 5.27. The Bertz CT molecular complexity index is 811. The van der Waals surface area contributed by atoms with Crippen LogP contribution in [0, 0.1) is 12.8 Å². The predicted octanol–water partition coefficient (Wildman–Crippen LogP) is 4.55. The molecule has 1 aliphatic rings. The van der Waals surface area contributed by atoms with E-state index < -0.39 is 0 Å². The lowest BCUT2D eigenvalue weighted by Gasteiger charge is -2.17. The van der Waals surface area contributed by atoms with Crippen molar-refractivity contribution < 1.29 is 14.2 Å². The Morgan fingerprint density at radius 1 is 1.09 bits per heavy atom. The summed E-state index contributed by atoms with van der Waals surface area (Å²) in [6.45, 7) is 6.65. The molecule has 176 valence electrons. The highest BCUT2D eigenvalue weighted by molar-refractivity contribution is 14.0. The van der Waals surface area contributed by atoms with Gasteiger partial charge in [-0.3, -0.25) is 4.99 Å². The van der Waals surface area contributed by atoms with E-state index in [1.54, 1.807) is 7.05 Å². The SMILES string of the molecule is CN=C(NCCCCOc1ccccc1)NCc1ccc(C)cc1OCC1CCOC1.I. The molecular weight excluding hydrogens is 517 g/mol. The topological polar surface area (TPSA) is 64.1 Å². The van der Waals surface area contributed by atoms with Crippen molar-refractivity contribution in [1.82, 2.24) is 10.6 Å². The number of rotatable bonds is 11. The van der Waals surface area contributed by atoms with Crippen molar-refractivity contribution >= 4 is 29.9 Å². The molecule has 0 aliphatic carbocycles. The minimum atomic E-state index is 0. The second kappa shape index (κ2) is 14.9. The van der Waals surface area contributed by atoms with E-state index in [9.17, 15) is 0 Å². The molecule has 7 heteroatoms. The Labute approximate surface area is 209 Å². The van der Waals surface area contributed by atoms with Crippen molar-refractivity contribution in [2.75, 3.05) is 40.0 Å². The molecule has 1 heterocycles. The van der Waals surface area contributed by atoms with Gasteiger partial charge in [0.15, 0.2) is 5.96 Å². The summed E-state index contributed by atoms with van der Waals surface area (Å²) in [6, 6.07) is 16.3. The molecule has 2 aromatic rings. The first-order valence-corrected chi connectivity index (χ1v) is 11.2. The number of nitrogens with zero attached hydrogens (tertiary/aromatic N) is 1. The number of hydrogen-bond acceptors (Lipinski definition) is 4. The maximum atomic E-state index is 6.14.